The van der Waals surface area contributed by atoms with Crippen LogP contribution in [0, 0.1) is 23.7 Å². The van der Waals surface area contributed by atoms with Crippen LogP contribution in [0.2, 0.25) is 0 Å². The average Bonchev–Trinajstić information content (AvgIpc) is 2.16. The summed E-state index contributed by atoms with van der Waals surface area (Å²) in [5.41, 5.74) is 0. The van der Waals surface area contributed by atoms with E-state index in [1.54, 1.807) is 0 Å². The highest BCUT2D eigenvalue weighted by Crippen LogP contribution is 2.39. The zero-order chi connectivity index (χ0) is 11.6. The standard InChI is InChI=1S/C14H29N/c1-10(2)12-8-7-9-13(11(3)4)14(12)15(5)6/h10-14H,7-9H2,1-6H3. The quantitative estimate of drug-likeness (QED) is 0.689. The van der Waals surface area contributed by atoms with Gasteiger partial charge in [-0.2, -0.15) is 0 Å². The molecular formula is C14H29N. The van der Waals surface area contributed by atoms with Gasteiger partial charge in [-0.3, -0.25) is 0 Å². The molecule has 1 saturated carbocycles. The monoisotopic (exact) mass is 211 g/mol. The van der Waals surface area contributed by atoms with Gasteiger partial charge in [0, 0.05) is 6.04 Å². The van der Waals surface area contributed by atoms with E-state index in [9.17, 15) is 0 Å². The molecule has 90 valence electrons. The third kappa shape index (κ3) is 2.96. The van der Waals surface area contributed by atoms with Crippen LogP contribution in [0.25, 0.3) is 0 Å². The van der Waals surface area contributed by atoms with Crippen molar-refractivity contribution in [3.05, 3.63) is 0 Å². The van der Waals surface area contributed by atoms with Gasteiger partial charge in [-0.15, -0.1) is 0 Å². The van der Waals surface area contributed by atoms with Crippen LogP contribution in [-0.2, 0) is 0 Å². The van der Waals surface area contributed by atoms with Crippen molar-refractivity contribution in [3.63, 3.8) is 0 Å². The van der Waals surface area contributed by atoms with E-state index >= 15 is 0 Å². The van der Waals surface area contributed by atoms with Gasteiger partial charge in [-0.25, -0.2) is 0 Å². The van der Waals surface area contributed by atoms with E-state index in [4.69, 9.17) is 0 Å². The molecule has 1 fully saturated rings. The smallest absolute Gasteiger partial charge is 0.0150 e. The van der Waals surface area contributed by atoms with E-state index in [1.807, 2.05) is 0 Å². The second-order valence-electron chi connectivity index (χ2n) is 6.20. The fourth-order valence-electron chi connectivity index (χ4n) is 3.47. The highest BCUT2D eigenvalue weighted by Gasteiger charge is 2.37. The first-order valence-electron chi connectivity index (χ1n) is 6.61. The summed E-state index contributed by atoms with van der Waals surface area (Å²) in [4.78, 5) is 2.48. The van der Waals surface area contributed by atoms with Crippen LogP contribution in [0.3, 0.4) is 0 Å². The summed E-state index contributed by atoms with van der Waals surface area (Å²) in [5, 5.41) is 0. The predicted octanol–water partition coefficient (Wildman–Crippen LogP) is 3.64. The Labute approximate surface area is 96.2 Å². The number of hydrogen-bond acceptors (Lipinski definition) is 1. The summed E-state index contributed by atoms with van der Waals surface area (Å²) in [6.45, 7) is 9.57. The molecule has 1 rings (SSSR count). The molecule has 0 aromatic rings. The van der Waals surface area contributed by atoms with Gasteiger partial charge in [0.25, 0.3) is 0 Å². The lowest BCUT2D eigenvalue weighted by molar-refractivity contribution is 0.0447. The molecule has 2 atom stereocenters. The summed E-state index contributed by atoms with van der Waals surface area (Å²) < 4.78 is 0. The maximum absolute atomic E-state index is 2.48. The molecule has 0 amide bonds. The first kappa shape index (κ1) is 13.0. The lowest BCUT2D eigenvalue weighted by Gasteiger charge is -2.45. The van der Waals surface area contributed by atoms with Gasteiger partial charge in [0.05, 0.1) is 0 Å². The molecule has 0 bridgehead atoms. The van der Waals surface area contributed by atoms with Gasteiger partial charge in [0.1, 0.15) is 0 Å². The molecular weight excluding hydrogens is 182 g/mol. The molecule has 0 N–H and O–H groups in total. The second kappa shape index (κ2) is 5.34. The van der Waals surface area contributed by atoms with E-state index in [-0.39, 0.29) is 0 Å². The summed E-state index contributed by atoms with van der Waals surface area (Å²) >= 11 is 0. The van der Waals surface area contributed by atoms with Crippen LogP contribution in [0.15, 0.2) is 0 Å². The largest absolute Gasteiger partial charge is 0.306 e. The minimum absolute atomic E-state index is 0.804. The SMILES string of the molecule is CC(C)C1CCCC(C(C)C)C1N(C)C. The van der Waals surface area contributed by atoms with Crippen LogP contribution in [0.1, 0.15) is 47.0 Å². The maximum atomic E-state index is 2.48. The number of rotatable bonds is 3. The van der Waals surface area contributed by atoms with Crippen LogP contribution >= 0.6 is 0 Å². The molecule has 0 aromatic heterocycles. The Hall–Kier alpha value is -0.0400. The van der Waals surface area contributed by atoms with Crippen molar-refractivity contribution in [2.75, 3.05) is 14.1 Å². The molecule has 0 spiro atoms. The third-order valence-corrected chi connectivity index (χ3v) is 4.26. The molecule has 0 aliphatic heterocycles. The Kier molecular flexibility index (Phi) is 4.64. The first-order valence-corrected chi connectivity index (χ1v) is 6.61. The lowest BCUT2D eigenvalue weighted by atomic mass is 9.68. The highest BCUT2D eigenvalue weighted by molar-refractivity contribution is 4.90. The molecule has 1 heteroatoms. The van der Waals surface area contributed by atoms with Crippen LogP contribution < -0.4 is 0 Å². The van der Waals surface area contributed by atoms with Crippen molar-refractivity contribution < 1.29 is 0 Å². The molecule has 1 aliphatic rings. The summed E-state index contributed by atoms with van der Waals surface area (Å²) in [5.74, 6) is 3.47. The van der Waals surface area contributed by atoms with Crippen molar-refractivity contribution in [2.24, 2.45) is 23.7 Å². The number of hydrogen-bond donors (Lipinski definition) is 0. The van der Waals surface area contributed by atoms with Gasteiger partial charge in [-0.1, -0.05) is 34.1 Å². The van der Waals surface area contributed by atoms with Gasteiger partial charge < -0.3 is 4.90 Å². The second-order valence-corrected chi connectivity index (χ2v) is 6.20. The Bertz CT molecular complexity index is 168. The predicted molar refractivity (Wildman–Crippen MR) is 68.0 cm³/mol. The molecule has 1 aliphatic carbocycles. The van der Waals surface area contributed by atoms with Gasteiger partial charge in [-0.05, 0) is 50.6 Å². The normalized spacial score (nSPS) is 33.0. The molecule has 0 radical (unpaired) electrons. The van der Waals surface area contributed by atoms with Crippen LogP contribution in [-0.4, -0.2) is 25.0 Å². The van der Waals surface area contributed by atoms with Crippen molar-refractivity contribution in [2.45, 2.75) is 53.0 Å². The maximum Gasteiger partial charge on any atom is 0.0150 e. The van der Waals surface area contributed by atoms with E-state index < -0.39 is 0 Å². The molecule has 0 aromatic carbocycles. The van der Waals surface area contributed by atoms with E-state index in [2.05, 4.69) is 46.7 Å². The Balaban J connectivity index is 2.80. The van der Waals surface area contributed by atoms with Gasteiger partial charge >= 0.3 is 0 Å². The molecule has 1 nitrogen and oxygen atoms in total. The van der Waals surface area contributed by atoms with Gasteiger partial charge in [0.15, 0.2) is 0 Å². The van der Waals surface area contributed by atoms with Crippen LogP contribution in [0.5, 0.6) is 0 Å². The minimum atomic E-state index is 0.804. The third-order valence-electron chi connectivity index (χ3n) is 4.26. The zero-order valence-electron chi connectivity index (χ0n) is 11.5. The highest BCUT2D eigenvalue weighted by atomic mass is 15.1. The van der Waals surface area contributed by atoms with Gasteiger partial charge in [0.2, 0.25) is 0 Å². The van der Waals surface area contributed by atoms with Crippen LogP contribution in [0.4, 0.5) is 0 Å². The first-order chi connectivity index (χ1) is 6.95. The van der Waals surface area contributed by atoms with E-state index in [0.717, 1.165) is 29.7 Å². The van der Waals surface area contributed by atoms with Crippen molar-refractivity contribution in [1.82, 2.24) is 4.90 Å². The molecule has 2 unspecified atom stereocenters. The molecule has 0 saturated heterocycles. The zero-order valence-corrected chi connectivity index (χ0v) is 11.5. The minimum Gasteiger partial charge on any atom is -0.306 e. The van der Waals surface area contributed by atoms with E-state index in [1.165, 1.54) is 19.3 Å². The summed E-state index contributed by atoms with van der Waals surface area (Å²) in [6.07, 6.45) is 4.31. The fourth-order valence-corrected chi connectivity index (χ4v) is 3.47. The molecule has 0 heterocycles. The number of nitrogens with zero attached hydrogens (tertiary/aromatic N) is 1. The topological polar surface area (TPSA) is 3.24 Å². The van der Waals surface area contributed by atoms with Crippen molar-refractivity contribution >= 4 is 0 Å². The summed E-state index contributed by atoms with van der Waals surface area (Å²) in [6, 6.07) is 0.804. The Morgan fingerprint density at radius 3 is 1.53 bits per heavy atom. The van der Waals surface area contributed by atoms with Crippen molar-refractivity contribution in [1.29, 1.82) is 0 Å². The Morgan fingerprint density at radius 1 is 0.867 bits per heavy atom. The van der Waals surface area contributed by atoms with E-state index in [0.29, 0.717) is 0 Å². The average molecular weight is 211 g/mol. The fraction of sp³-hybridized carbons (Fsp3) is 1.00. The van der Waals surface area contributed by atoms with Crippen molar-refractivity contribution in [3.8, 4) is 0 Å². The Morgan fingerprint density at radius 2 is 1.27 bits per heavy atom. The lowest BCUT2D eigenvalue weighted by Crippen LogP contribution is -2.47. The summed E-state index contributed by atoms with van der Waals surface area (Å²) in [7, 11) is 4.53. The molecule has 15 heavy (non-hydrogen) atoms.